The summed E-state index contributed by atoms with van der Waals surface area (Å²) < 4.78 is 26.1. The SMILES string of the molecule is Nc1cc(-c2ccc(F)c(F)c2)nc(C2CC2)n1. The van der Waals surface area contributed by atoms with Crippen molar-refractivity contribution in [2.75, 3.05) is 5.73 Å². The number of hydrogen-bond donors (Lipinski definition) is 1. The van der Waals surface area contributed by atoms with E-state index in [1.807, 2.05) is 0 Å². The lowest BCUT2D eigenvalue weighted by Crippen LogP contribution is -2.00. The molecule has 0 atom stereocenters. The zero-order valence-corrected chi connectivity index (χ0v) is 9.53. The third-order valence-electron chi connectivity index (χ3n) is 2.92. The second kappa shape index (κ2) is 4.01. The minimum absolute atomic E-state index is 0.353. The monoisotopic (exact) mass is 247 g/mol. The van der Waals surface area contributed by atoms with Gasteiger partial charge in [0.2, 0.25) is 0 Å². The fraction of sp³-hybridized carbons (Fsp3) is 0.231. The number of benzene rings is 1. The van der Waals surface area contributed by atoms with Crippen molar-refractivity contribution in [2.45, 2.75) is 18.8 Å². The van der Waals surface area contributed by atoms with Crippen LogP contribution in [-0.2, 0) is 0 Å². The van der Waals surface area contributed by atoms with E-state index in [0.717, 1.165) is 25.0 Å². The Hall–Kier alpha value is -2.04. The molecular formula is C13H11F2N3. The van der Waals surface area contributed by atoms with E-state index in [2.05, 4.69) is 9.97 Å². The first kappa shape index (κ1) is 11.1. The van der Waals surface area contributed by atoms with E-state index in [0.29, 0.717) is 28.8 Å². The van der Waals surface area contributed by atoms with Gasteiger partial charge in [-0.25, -0.2) is 18.7 Å². The van der Waals surface area contributed by atoms with Gasteiger partial charge in [-0.2, -0.15) is 0 Å². The van der Waals surface area contributed by atoms with Crippen molar-refractivity contribution in [2.24, 2.45) is 0 Å². The molecule has 0 radical (unpaired) electrons. The zero-order valence-electron chi connectivity index (χ0n) is 9.53. The fourth-order valence-electron chi connectivity index (χ4n) is 1.81. The third-order valence-corrected chi connectivity index (χ3v) is 2.92. The molecule has 2 aromatic rings. The topological polar surface area (TPSA) is 51.8 Å². The summed E-state index contributed by atoms with van der Waals surface area (Å²) in [6.07, 6.45) is 2.11. The van der Waals surface area contributed by atoms with Crippen LogP contribution >= 0.6 is 0 Å². The second-order valence-electron chi connectivity index (χ2n) is 4.44. The van der Waals surface area contributed by atoms with E-state index in [-0.39, 0.29) is 0 Å². The average Bonchev–Trinajstić information content (AvgIpc) is 3.16. The Bertz CT molecular complexity index is 609. The quantitative estimate of drug-likeness (QED) is 0.887. The van der Waals surface area contributed by atoms with Gasteiger partial charge in [-0.1, -0.05) is 0 Å². The highest BCUT2D eigenvalue weighted by atomic mass is 19.2. The summed E-state index contributed by atoms with van der Waals surface area (Å²) in [7, 11) is 0. The predicted molar refractivity (Wildman–Crippen MR) is 63.8 cm³/mol. The van der Waals surface area contributed by atoms with Crippen LogP contribution in [0.4, 0.5) is 14.6 Å². The number of anilines is 1. The number of rotatable bonds is 2. The molecule has 0 unspecified atom stereocenters. The number of nitrogen functional groups attached to an aromatic ring is 1. The summed E-state index contributed by atoms with van der Waals surface area (Å²) in [5.74, 6) is -0.361. The molecular weight excluding hydrogens is 236 g/mol. The largest absolute Gasteiger partial charge is 0.384 e. The molecule has 1 aromatic heterocycles. The number of halogens is 2. The summed E-state index contributed by atoms with van der Waals surface area (Å²) in [5, 5.41) is 0. The highest BCUT2D eigenvalue weighted by molar-refractivity contribution is 5.62. The lowest BCUT2D eigenvalue weighted by atomic mass is 10.1. The Kier molecular flexibility index (Phi) is 2.47. The van der Waals surface area contributed by atoms with Gasteiger partial charge in [-0.15, -0.1) is 0 Å². The Morgan fingerprint density at radius 3 is 2.50 bits per heavy atom. The predicted octanol–water partition coefficient (Wildman–Crippen LogP) is 2.88. The Balaban J connectivity index is 2.07. The number of aromatic nitrogens is 2. The Morgan fingerprint density at radius 2 is 1.83 bits per heavy atom. The summed E-state index contributed by atoms with van der Waals surface area (Å²) in [4.78, 5) is 8.52. The van der Waals surface area contributed by atoms with Crippen molar-refractivity contribution in [3.8, 4) is 11.3 Å². The van der Waals surface area contributed by atoms with Gasteiger partial charge in [0.15, 0.2) is 11.6 Å². The Labute approximate surface area is 103 Å². The molecule has 92 valence electrons. The molecule has 1 aliphatic rings. The van der Waals surface area contributed by atoms with Crippen LogP contribution in [-0.4, -0.2) is 9.97 Å². The van der Waals surface area contributed by atoms with Crippen LogP contribution in [0.3, 0.4) is 0 Å². The number of nitrogens with zero attached hydrogens (tertiary/aromatic N) is 2. The van der Waals surface area contributed by atoms with E-state index in [4.69, 9.17) is 5.73 Å². The number of hydrogen-bond acceptors (Lipinski definition) is 3. The van der Waals surface area contributed by atoms with Gasteiger partial charge in [0.1, 0.15) is 11.6 Å². The van der Waals surface area contributed by atoms with Crippen molar-refractivity contribution in [3.63, 3.8) is 0 Å². The van der Waals surface area contributed by atoms with E-state index in [9.17, 15) is 8.78 Å². The van der Waals surface area contributed by atoms with Crippen LogP contribution in [0.2, 0.25) is 0 Å². The molecule has 5 heteroatoms. The standard InChI is InChI=1S/C13H11F2N3/c14-9-4-3-8(5-10(9)15)11-6-12(16)18-13(17-11)7-1-2-7/h3-7H,1-2H2,(H2,16,17,18). The van der Waals surface area contributed by atoms with Gasteiger partial charge >= 0.3 is 0 Å². The second-order valence-corrected chi connectivity index (χ2v) is 4.44. The van der Waals surface area contributed by atoms with Crippen LogP contribution in [0.5, 0.6) is 0 Å². The maximum atomic E-state index is 13.2. The normalized spacial score (nSPS) is 14.8. The molecule has 3 nitrogen and oxygen atoms in total. The molecule has 0 aliphatic heterocycles. The molecule has 0 saturated heterocycles. The van der Waals surface area contributed by atoms with E-state index in [1.54, 1.807) is 6.07 Å². The fourth-order valence-corrected chi connectivity index (χ4v) is 1.81. The van der Waals surface area contributed by atoms with Gasteiger partial charge in [0, 0.05) is 17.5 Å². The van der Waals surface area contributed by atoms with Crippen molar-refractivity contribution in [1.29, 1.82) is 0 Å². The first-order valence-corrected chi connectivity index (χ1v) is 5.73. The van der Waals surface area contributed by atoms with Crippen molar-refractivity contribution in [1.82, 2.24) is 9.97 Å². The first-order valence-electron chi connectivity index (χ1n) is 5.73. The number of nitrogens with two attached hydrogens (primary N) is 1. The third kappa shape index (κ3) is 2.03. The molecule has 1 saturated carbocycles. The van der Waals surface area contributed by atoms with Crippen molar-refractivity contribution < 1.29 is 8.78 Å². The lowest BCUT2D eigenvalue weighted by Gasteiger charge is -2.05. The van der Waals surface area contributed by atoms with E-state index >= 15 is 0 Å². The lowest BCUT2D eigenvalue weighted by molar-refractivity contribution is 0.509. The van der Waals surface area contributed by atoms with Crippen molar-refractivity contribution in [3.05, 3.63) is 41.7 Å². The molecule has 0 amide bonds. The van der Waals surface area contributed by atoms with Crippen LogP contribution in [0.25, 0.3) is 11.3 Å². The van der Waals surface area contributed by atoms with Crippen LogP contribution < -0.4 is 5.73 Å². The highest BCUT2D eigenvalue weighted by Gasteiger charge is 2.27. The summed E-state index contributed by atoms with van der Waals surface area (Å²) in [5.41, 5.74) is 6.75. The molecule has 1 aromatic carbocycles. The molecule has 0 spiro atoms. The molecule has 0 bridgehead atoms. The summed E-state index contributed by atoms with van der Waals surface area (Å²) in [6, 6.07) is 5.25. The molecule has 1 fully saturated rings. The van der Waals surface area contributed by atoms with Gasteiger partial charge < -0.3 is 5.73 Å². The maximum absolute atomic E-state index is 13.2. The van der Waals surface area contributed by atoms with Gasteiger partial charge in [-0.3, -0.25) is 0 Å². The van der Waals surface area contributed by atoms with Gasteiger partial charge in [-0.05, 0) is 31.0 Å². The maximum Gasteiger partial charge on any atom is 0.159 e. The van der Waals surface area contributed by atoms with Crippen molar-refractivity contribution >= 4 is 5.82 Å². The van der Waals surface area contributed by atoms with Gasteiger partial charge in [0.25, 0.3) is 0 Å². The zero-order chi connectivity index (χ0) is 12.7. The van der Waals surface area contributed by atoms with Crippen LogP contribution in [0.1, 0.15) is 24.6 Å². The average molecular weight is 247 g/mol. The first-order chi connectivity index (χ1) is 8.63. The van der Waals surface area contributed by atoms with Crippen LogP contribution in [0.15, 0.2) is 24.3 Å². The molecule has 18 heavy (non-hydrogen) atoms. The Morgan fingerprint density at radius 1 is 1.06 bits per heavy atom. The van der Waals surface area contributed by atoms with E-state index < -0.39 is 11.6 Å². The highest BCUT2D eigenvalue weighted by Crippen LogP contribution is 2.39. The van der Waals surface area contributed by atoms with Gasteiger partial charge in [0.05, 0.1) is 5.69 Å². The molecule has 1 heterocycles. The smallest absolute Gasteiger partial charge is 0.159 e. The minimum atomic E-state index is -0.891. The van der Waals surface area contributed by atoms with E-state index in [1.165, 1.54) is 6.07 Å². The molecule has 3 rings (SSSR count). The summed E-state index contributed by atoms with van der Waals surface area (Å²) in [6.45, 7) is 0. The summed E-state index contributed by atoms with van der Waals surface area (Å²) >= 11 is 0. The molecule has 2 N–H and O–H groups in total. The van der Waals surface area contributed by atoms with Crippen LogP contribution in [0, 0.1) is 11.6 Å². The molecule has 1 aliphatic carbocycles. The minimum Gasteiger partial charge on any atom is -0.384 e.